The first-order chi connectivity index (χ1) is 11.9. The Kier molecular flexibility index (Phi) is 6.24. The molecule has 7 nitrogen and oxygen atoms in total. The average molecular weight is 406 g/mol. The van der Waals surface area contributed by atoms with Gasteiger partial charge in [0.05, 0.1) is 10.6 Å². The minimum atomic E-state index is -0.448. The number of amides is 1. The summed E-state index contributed by atoms with van der Waals surface area (Å²) >= 11 is 3.32. The van der Waals surface area contributed by atoms with Gasteiger partial charge in [-0.25, -0.2) is 5.43 Å². The van der Waals surface area contributed by atoms with Gasteiger partial charge in [-0.05, 0) is 32.0 Å². The van der Waals surface area contributed by atoms with Crippen LogP contribution in [-0.2, 0) is 4.79 Å². The van der Waals surface area contributed by atoms with Crippen molar-refractivity contribution in [2.75, 3.05) is 6.61 Å². The number of carbonyl (C=O) groups excluding carboxylic acids is 1. The van der Waals surface area contributed by atoms with Crippen LogP contribution in [0.4, 0.5) is 5.69 Å². The molecule has 0 unspecified atom stereocenters. The molecule has 0 radical (unpaired) electrons. The largest absolute Gasteiger partial charge is 0.484 e. The second-order valence-electron chi connectivity index (χ2n) is 5.24. The molecule has 0 aliphatic rings. The number of benzene rings is 2. The van der Waals surface area contributed by atoms with Crippen molar-refractivity contribution in [3.05, 3.63) is 68.2 Å². The van der Waals surface area contributed by atoms with Gasteiger partial charge in [-0.2, -0.15) is 5.10 Å². The van der Waals surface area contributed by atoms with Crippen LogP contribution in [0.2, 0.25) is 0 Å². The zero-order chi connectivity index (χ0) is 18.4. The van der Waals surface area contributed by atoms with Crippen LogP contribution in [0.5, 0.6) is 5.75 Å². The van der Waals surface area contributed by atoms with Crippen molar-refractivity contribution in [3.8, 4) is 5.75 Å². The monoisotopic (exact) mass is 405 g/mol. The van der Waals surface area contributed by atoms with Gasteiger partial charge in [0.1, 0.15) is 5.75 Å². The van der Waals surface area contributed by atoms with Gasteiger partial charge in [0.2, 0.25) is 0 Å². The maximum atomic E-state index is 11.8. The number of nitro groups is 1. The molecule has 0 aliphatic carbocycles. The molecule has 0 fully saturated rings. The highest BCUT2D eigenvalue weighted by Crippen LogP contribution is 2.20. The Labute approximate surface area is 153 Å². The van der Waals surface area contributed by atoms with E-state index in [0.29, 0.717) is 22.6 Å². The standard InChI is InChI=1S/C17H16BrN3O4/c1-11-6-7-13(8-16(11)21(23)24)12(2)19-20-17(22)10-25-15-5-3-4-14(18)9-15/h3-9H,10H2,1-2H3,(H,20,22)/b19-12-. The zero-order valence-electron chi connectivity index (χ0n) is 13.7. The molecule has 25 heavy (non-hydrogen) atoms. The Morgan fingerprint density at radius 1 is 1.32 bits per heavy atom. The fourth-order valence-electron chi connectivity index (χ4n) is 1.98. The lowest BCUT2D eigenvalue weighted by molar-refractivity contribution is -0.385. The third kappa shape index (κ3) is 5.39. The van der Waals surface area contributed by atoms with E-state index in [4.69, 9.17) is 4.74 Å². The van der Waals surface area contributed by atoms with Gasteiger partial charge in [0.15, 0.2) is 6.61 Å². The SMILES string of the molecule is C/C(=N/NC(=O)COc1cccc(Br)c1)c1ccc(C)c([N+](=O)[O-])c1. The third-order valence-electron chi connectivity index (χ3n) is 3.34. The summed E-state index contributed by atoms with van der Waals surface area (Å²) in [6, 6.07) is 11.9. The maximum absolute atomic E-state index is 11.8. The van der Waals surface area contributed by atoms with E-state index >= 15 is 0 Å². The fourth-order valence-corrected chi connectivity index (χ4v) is 2.36. The Morgan fingerprint density at radius 2 is 2.08 bits per heavy atom. The van der Waals surface area contributed by atoms with Crippen molar-refractivity contribution in [3.63, 3.8) is 0 Å². The predicted molar refractivity (Wildman–Crippen MR) is 97.8 cm³/mol. The van der Waals surface area contributed by atoms with Crippen LogP contribution in [0.3, 0.4) is 0 Å². The summed E-state index contributed by atoms with van der Waals surface area (Å²) in [6.45, 7) is 3.13. The molecule has 0 heterocycles. The Morgan fingerprint density at radius 3 is 2.76 bits per heavy atom. The van der Waals surface area contributed by atoms with Gasteiger partial charge in [-0.3, -0.25) is 14.9 Å². The number of rotatable bonds is 6. The number of nitro benzene ring substituents is 1. The Bertz CT molecular complexity index is 836. The van der Waals surface area contributed by atoms with E-state index in [1.54, 1.807) is 44.2 Å². The summed E-state index contributed by atoms with van der Waals surface area (Å²) in [6.07, 6.45) is 0. The molecule has 130 valence electrons. The lowest BCUT2D eigenvalue weighted by Crippen LogP contribution is -2.25. The number of halogens is 1. The minimum absolute atomic E-state index is 0.0105. The molecule has 0 atom stereocenters. The molecule has 0 aliphatic heterocycles. The average Bonchev–Trinajstić information content (AvgIpc) is 2.58. The summed E-state index contributed by atoms with van der Waals surface area (Å²) in [5.41, 5.74) is 3.96. The number of hydrazone groups is 1. The van der Waals surface area contributed by atoms with E-state index in [-0.39, 0.29) is 12.3 Å². The zero-order valence-corrected chi connectivity index (χ0v) is 15.2. The van der Waals surface area contributed by atoms with Crippen molar-refractivity contribution in [2.45, 2.75) is 13.8 Å². The van der Waals surface area contributed by atoms with Crippen LogP contribution in [-0.4, -0.2) is 23.1 Å². The third-order valence-corrected chi connectivity index (χ3v) is 3.83. The first-order valence-corrected chi connectivity index (χ1v) is 8.13. The van der Waals surface area contributed by atoms with Crippen molar-refractivity contribution in [1.82, 2.24) is 5.43 Å². The summed E-state index contributed by atoms with van der Waals surface area (Å²) in [7, 11) is 0. The van der Waals surface area contributed by atoms with E-state index in [1.165, 1.54) is 6.07 Å². The van der Waals surface area contributed by atoms with Gasteiger partial charge in [0, 0.05) is 21.7 Å². The summed E-state index contributed by atoms with van der Waals surface area (Å²) in [5, 5.41) is 14.9. The second-order valence-corrected chi connectivity index (χ2v) is 6.15. The maximum Gasteiger partial charge on any atom is 0.277 e. The molecule has 0 saturated carbocycles. The lowest BCUT2D eigenvalue weighted by atomic mass is 10.1. The van der Waals surface area contributed by atoms with Gasteiger partial charge in [-0.15, -0.1) is 0 Å². The van der Waals surface area contributed by atoms with Crippen molar-refractivity contribution >= 4 is 33.2 Å². The smallest absolute Gasteiger partial charge is 0.277 e. The molecular weight excluding hydrogens is 390 g/mol. The topological polar surface area (TPSA) is 93.8 Å². The van der Waals surface area contributed by atoms with E-state index in [9.17, 15) is 14.9 Å². The summed E-state index contributed by atoms with van der Waals surface area (Å²) < 4.78 is 6.20. The fraction of sp³-hybridized carbons (Fsp3) is 0.176. The van der Waals surface area contributed by atoms with E-state index in [1.807, 2.05) is 6.07 Å². The molecule has 2 rings (SSSR count). The van der Waals surface area contributed by atoms with E-state index in [0.717, 1.165) is 4.47 Å². The first-order valence-electron chi connectivity index (χ1n) is 7.33. The number of carbonyl (C=O) groups is 1. The van der Waals surface area contributed by atoms with Crippen LogP contribution in [0, 0.1) is 17.0 Å². The quantitative estimate of drug-likeness (QED) is 0.451. The van der Waals surface area contributed by atoms with Gasteiger partial charge < -0.3 is 4.74 Å². The molecule has 0 aromatic heterocycles. The van der Waals surface area contributed by atoms with Gasteiger partial charge in [-0.1, -0.05) is 34.1 Å². The lowest BCUT2D eigenvalue weighted by Gasteiger charge is -2.06. The van der Waals surface area contributed by atoms with Crippen LogP contribution in [0.1, 0.15) is 18.1 Å². The van der Waals surface area contributed by atoms with Gasteiger partial charge >= 0.3 is 0 Å². The minimum Gasteiger partial charge on any atom is -0.484 e. The Hall–Kier alpha value is -2.74. The van der Waals surface area contributed by atoms with Crippen molar-refractivity contribution in [2.24, 2.45) is 5.10 Å². The molecule has 0 saturated heterocycles. The molecule has 1 amide bonds. The van der Waals surface area contributed by atoms with E-state index < -0.39 is 10.8 Å². The molecule has 2 aromatic rings. The van der Waals surface area contributed by atoms with Crippen molar-refractivity contribution in [1.29, 1.82) is 0 Å². The van der Waals surface area contributed by atoms with Crippen LogP contribution in [0.25, 0.3) is 0 Å². The molecule has 2 aromatic carbocycles. The number of aryl methyl sites for hydroxylation is 1. The number of nitrogens with zero attached hydrogens (tertiary/aromatic N) is 2. The second kappa shape index (κ2) is 8.39. The number of hydrogen-bond donors (Lipinski definition) is 1. The highest BCUT2D eigenvalue weighted by Gasteiger charge is 2.12. The Balaban J connectivity index is 1.97. The van der Waals surface area contributed by atoms with E-state index in [2.05, 4.69) is 26.5 Å². The summed E-state index contributed by atoms with van der Waals surface area (Å²) in [5.74, 6) is 0.125. The summed E-state index contributed by atoms with van der Waals surface area (Å²) in [4.78, 5) is 22.3. The number of ether oxygens (including phenoxy) is 1. The molecule has 0 bridgehead atoms. The molecule has 0 spiro atoms. The number of nitrogens with one attached hydrogen (secondary N) is 1. The molecule has 1 N–H and O–H groups in total. The highest BCUT2D eigenvalue weighted by molar-refractivity contribution is 9.10. The molecular formula is C17H16BrN3O4. The first kappa shape index (κ1) is 18.6. The highest BCUT2D eigenvalue weighted by atomic mass is 79.9. The van der Waals surface area contributed by atoms with Crippen LogP contribution in [0.15, 0.2) is 52.0 Å². The number of hydrogen-bond acceptors (Lipinski definition) is 5. The van der Waals surface area contributed by atoms with Crippen molar-refractivity contribution < 1.29 is 14.5 Å². The molecule has 8 heteroatoms. The normalized spacial score (nSPS) is 11.1. The predicted octanol–water partition coefficient (Wildman–Crippen LogP) is 3.58. The van der Waals surface area contributed by atoms with Crippen LogP contribution < -0.4 is 10.2 Å². The van der Waals surface area contributed by atoms with Crippen LogP contribution >= 0.6 is 15.9 Å². The van der Waals surface area contributed by atoms with Gasteiger partial charge in [0.25, 0.3) is 11.6 Å².